The standard InChI is InChI=1S/C16H25NO/c1-3-13-8-9-15(12-13)17-11-10-14-6-4-5-7-16(14)18-2/h4-7,13,15,17H,3,8-12H2,1-2H3. The van der Waals surface area contributed by atoms with E-state index in [-0.39, 0.29) is 0 Å². The minimum absolute atomic E-state index is 0.740. The maximum atomic E-state index is 5.37. The second-order valence-corrected chi connectivity index (χ2v) is 5.30. The van der Waals surface area contributed by atoms with E-state index in [9.17, 15) is 0 Å². The molecular weight excluding hydrogens is 222 g/mol. The SMILES string of the molecule is CCC1CCC(NCCc2ccccc2OC)C1. The molecule has 0 bridgehead atoms. The van der Waals surface area contributed by atoms with E-state index in [1.165, 1.54) is 31.2 Å². The largest absolute Gasteiger partial charge is 0.496 e. The fourth-order valence-electron chi connectivity index (χ4n) is 2.95. The summed E-state index contributed by atoms with van der Waals surface area (Å²) in [6.45, 7) is 3.36. The van der Waals surface area contributed by atoms with Gasteiger partial charge in [0, 0.05) is 6.04 Å². The highest BCUT2D eigenvalue weighted by Gasteiger charge is 2.22. The first kappa shape index (κ1) is 13.4. The predicted octanol–water partition coefficient (Wildman–Crippen LogP) is 3.41. The fourth-order valence-corrected chi connectivity index (χ4v) is 2.95. The van der Waals surface area contributed by atoms with E-state index in [0.29, 0.717) is 0 Å². The summed E-state index contributed by atoms with van der Waals surface area (Å²) in [6.07, 6.45) is 6.51. The highest BCUT2D eigenvalue weighted by Crippen LogP contribution is 2.27. The Morgan fingerprint density at radius 1 is 1.28 bits per heavy atom. The van der Waals surface area contributed by atoms with Crippen LogP contribution >= 0.6 is 0 Å². The molecule has 100 valence electrons. The van der Waals surface area contributed by atoms with Crippen molar-refractivity contribution >= 4 is 0 Å². The van der Waals surface area contributed by atoms with Crippen molar-refractivity contribution in [3.05, 3.63) is 29.8 Å². The third-order valence-electron chi connectivity index (χ3n) is 4.14. The topological polar surface area (TPSA) is 21.3 Å². The van der Waals surface area contributed by atoms with Crippen molar-refractivity contribution in [2.45, 2.75) is 45.1 Å². The highest BCUT2D eigenvalue weighted by molar-refractivity contribution is 5.33. The highest BCUT2D eigenvalue weighted by atomic mass is 16.5. The molecule has 0 amide bonds. The van der Waals surface area contributed by atoms with Crippen molar-refractivity contribution in [3.63, 3.8) is 0 Å². The van der Waals surface area contributed by atoms with Crippen LogP contribution in [-0.2, 0) is 6.42 Å². The van der Waals surface area contributed by atoms with Gasteiger partial charge in [0.1, 0.15) is 5.75 Å². The normalized spacial score (nSPS) is 23.2. The summed E-state index contributed by atoms with van der Waals surface area (Å²) in [5, 5.41) is 3.69. The van der Waals surface area contributed by atoms with Crippen LogP contribution in [0.1, 0.15) is 38.2 Å². The molecule has 2 heteroatoms. The van der Waals surface area contributed by atoms with Crippen LogP contribution in [0.2, 0.25) is 0 Å². The van der Waals surface area contributed by atoms with Crippen molar-refractivity contribution in [1.82, 2.24) is 5.32 Å². The lowest BCUT2D eigenvalue weighted by Crippen LogP contribution is -2.28. The van der Waals surface area contributed by atoms with E-state index < -0.39 is 0 Å². The Labute approximate surface area is 111 Å². The zero-order valence-electron chi connectivity index (χ0n) is 11.6. The number of rotatable bonds is 6. The van der Waals surface area contributed by atoms with Gasteiger partial charge in [-0.25, -0.2) is 0 Å². The van der Waals surface area contributed by atoms with Crippen LogP contribution in [0, 0.1) is 5.92 Å². The molecule has 1 aromatic carbocycles. The summed E-state index contributed by atoms with van der Waals surface area (Å²) in [4.78, 5) is 0. The molecule has 18 heavy (non-hydrogen) atoms. The third-order valence-corrected chi connectivity index (χ3v) is 4.14. The molecule has 1 fully saturated rings. The van der Waals surface area contributed by atoms with Crippen molar-refractivity contribution < 1.29 is 4.74 Å². The lowest BCUT2D eigenvalue weighted by molar-refractivity contribution is 0.408. The Hall–Kier alpha value is -1.02. The van der Waals surface area contributed by atoms with Crippen LogP contribution in [0.25, 0.3) is 0 Å². The molecule has 2 atom stereocenters. The van der Waals surface area contributed by atoms with Crippen molar-refractivity contribution in [1.29, 1.82) is 0 Å². The molecule has 0 saturated heterocycles. The van der Waals surface area contributed by atoms with Crippen molar-refractivity contribution in [3.8, 4) is 5.75 Å². The first-order valence-electron chi connectivity index (χ1n) is 7.18. The Morgan fingerprint density at radius 2 is 2.11 bits per heavy atom. The summed E-state index contributed by atoms with van der Waals surface area (Å²) < 4.78 is 5.37. The summed E-state index contributed by atoms with van der Waals surface area (Å²) in [7, 11) is 1.75. The number of ether oxygens (including phenoxy) is 1. The van der Waals surface area contributed by atoms with Crippen molar-refractivity contribution in [2.75, 3.05) is 13.7 Å². The smallest absolute Gasteiger partial charge is 0.122 e. The van der Waals surface area contributed by atoms with E-state index in [0.717, 1.165) is 30.7 Å². The molecule has 2 nitrogen and oxygen atoms in total. The first-order valence-corrected chi connectivity index (χ1v) is 7.18. The van der Waals surface area contributed by atoms with Gasteiger partial charge in [0.2, 0.25) is 0 Å². The fraction of sp³-hybridized carbons (Fsp3) is 0.625. The molecule has 2 rings (SSSR count). The van der Waals surface area contributed by atoms with Gasteiger partial charge >= 0.3 is 0 Å². The van der Waals surface area contributed by atoms with Gasteiger partial charge in [-0.05, 0) is 49.8 Å². The van der Waals surface area contributed by atoms with E-state index in [1.807, 2.05) is 12.1 Å². The molecule has 1 aliphatic rings. The van der Waals surface area contributed by atoms with Crippen LogP contribution in [0.4, 0.5) is 0 Å². The molecule has 0 heterocycles. The van der Waals surface area contributed by atoms with Crippen molar-refractivity contribution in [2.24, 2.45) is 5.92 Å². The summed E-state index contributed by atoms with van der Waals surface area (Å²) in [6, 6.07) is 9.05. The van der Waals surface area contributed by atoms with Crippen LogP contribution in [0.5, 0.6) is 5.75 Å². The van der Waals surface area contributed by atoms with Crippen LogP contribution < -0.4 is 10.1 Å². The third kappa shape index (κ3) is 3.49. The van der Waals surface area contributed by atoms with Gasteiger partial charge in [-0.3, -0.25) is 0 Å². The molecule has 0 aromatic heterocycles. The van der Waals surface area contributed by atoms with Gasteiger partial charge in [-0.15, -0.1) is 0 Å². The van der Waals surface area contributed by atoms with Gasteiger partial charge in [-0.1, -0.05) is 31.5 Å². The van der Waals surface area contributed by atoms with Crippen LogP contribution in [-0.4, -0.2) is 19.7 Å². The number of nitrogens with one attached hydrogen (secondary N) is 1. The monoisotopic (exact) mass is 247 g/mol. The second kappa shape index (κ2) is 6.79. The average Bonchev–Trinajstić information content (AvgIpc) is 2.87. The lowest BCUT2D eigenvalue weighted by Gasteiger charge is -2.14. The molecule has 1 aliphatic carbocycles. The van der Waals surface area contributed by atoms with Crippen LogP contribution in [0.3, 0.4) is 0 Å². The van der Waals surface area contributed by atoms with E-state index in [1.54, 1.807) is 7.11 Å². The molecule has 2 unspecified atom stereocenters. The zero-order valence-corrected chi connectivity index (χ0v) is 11.6. The van der Waals surface area contributed by atoms with Gasteiger partial charge in [-0.2, -0.15) is 0 Å². The molecule has 0 radical (unpaired) electrons. The number of para-hydroxylation sites is 1. The Bertz CT molecular complexity index is 364. The number of methoxy groups -OCH3 is 1. The first-order chi connectivity index (χ1) is 8.83. The number of benzene rings is 1. The lowest BCUT2D eigenvalue weighted by atomic mass is 10.1. The summed E-state index contributed by atoms with van der Waals surface area (Å²) in [5.41, 5.74) is 1.30. The van der Waals surface area contributed by atoms with Gasteiger partial charge in [0.25, 0.3) is 0 Å². The zero-order chi connectivity index (χ0) is 12.8. The van der Waals surface area contributed by atoms with Crippen LogP contribution in [0.15, 0.2) is 24.3 Å². The molecule has 0 aliphatic heterocycles. The van der Waals surface area contributed by atoms with Gasteiger partial charge in [0.15, 0.2) is 0 Å². The Balaban J connectivity index is 1.75. The van der Waals surface area contributed by atoms with E-state index in [4.69, 9.17) is 4.74 Å². The maximum Gasteiger partial charge on any atom is 0.122 e. The molecule has 1 aromatic rings. The Kier molecular flexibility index (Phi) is 5.06. The number of hydrogen-bond donors (Lipinski definition) is 1. The minimum Gasteiger partial charge on any atom is -0.496 e. The summed E-state index contributed by atoms with van der Waals surface area (Å²) >= 11 is 0. The van der Waals surface area contributed by atoms with Gasteiger partial charge in [0.05, 0.1) is 7.11 Å². The summed E-state index contributed by atoms with van der Waals surface area (Å²) in [5.74, 6) is 1.96. The van der Waals surface area contributed by atoms with E-state index >= 15 is 0 Å². The second-order valence-electron chi connectivity index (χ2n) is 5.30. The quantitative estimate of drug-likeness (QED) is 0.832. The predicted molar refractivity (Wildman–Crippen MR) is 76.1 cm³/mol. The average molecular weight is 247 g/mol. The molecule has 0 spiro atoms. The molecule has 1 saturated carbocycles. The maximum absolute atomic E-state index is 5.37. The van der Waals surface area contributed by atoms with Gasteiger partial charge < -0.3 is 10.1 Å². The van der Waals surface area contributed by atoms with E-state index in [2.05, 4.69) is 24.4 Å². The minimum atomic E-state index is 0.740. The number of hydrogen-bond acceptors (Lipinski definition) is 2. The Morgan fingerprint density at radius 3 is 2.83 bits per heavy atom. The molecular formula is C16H25NO. The molecule has 1 N–H and O–H groups in total.